The number of rotatable bonds is 7. The fourth-order valence-corrected chi connectivity index (χ4v) is 1.40. The quantitative estimate of drug-likeness (QED) is 0.322. The van der Waals surface area contributed by atoms with Crippen LogP contribution in [-0.2, 0) is 14.3 Å². The number of allylic oxidation sites excluding steroid dienone is 3. The maximum absolute atomic E-state index is 11.5. The van der Waals surface area contributed by atoms with Crippen molar-refractivity contribution in [1.29, 1.82) is 0 Å². The number of aliphatic carboxylic acids is 1. The number of esters is 1. The summed E-state index contributed by atoms with van der Waals surface area (Å²) in [5, 5.41) is 8.78. The summed E-state index contributed by atoms with van der Waals surface area (Å²) in [6.45, 7) is 2.29. The summed E-state index contributed by atoms with van der Waals surface area (Å²) in [7, 11) is 5.75. The molecule has 102 valence electrons. The van der Waals surface area contributed by atoms with Gasteiger partial charge in [0.1, 0.15) is 6.54 Å². The monoisotopic (exact) mass is 256 g/mol. The molecule has 0 amide bonds. The third-order valence-corrected chi connectivity index (χ3v) is 1.97. The molecule has 5 nitrogen and oxygen atoms in total. The number of nitrogens with zero attached hydrogens (tertiary/aromatic N) is 1. The van der Waals surface area contributed by atoms with Gasteiger partial charge in [0, 0.05) is 6.08 Å². The Morgan fingerprint density at radius 1 is 1.28 bits per heavy atom. The van der Waals surface area contributed by atoms with Crippen LogP contribution < -0.4 is 0 Å². The van der Waals surface area contributed by atoms with E-state index in [9.17, 15) is 9.59 Å². The van der Waals surface area contributed by atoms with Crippen LogP contribution in [0.5, 0.6) is 0 Å². The van der Waals surface area contributed by atoms with Gasteiger partial charge in [0.05, 0.1) is 27.6 Å². The molecule has 0 aliphatic carbocycles. The number of carboxylic acids is 1. The van der Waals surface area contributed by atoms with Crippen LogP contribution in [0.25, 0.3) is 0 Å². The molecule has 0 saturated heterocycles. The number of carbonyl (C=O) groups is 2. The van der Waals surface area contributed by atoms with Gasteiger partial charge in [-0.05, 0) is 6.92 Å². The highest BCUT2D eigenvalue weighted by Crippen LogP contribution is 2.05. The van der Waals surface area contributed by atoms with E-state index in [1.54, 1.807) is 18.2 Å². The van der Waals surface area contributed by atoms with Gasteiger partial charge in [-0.15, -0.1) is 0 Å². The molecule has 0 unspecified atom stereocenters. The Balaban J connectivity index is 4.49. The van der Waals surface area contributed by atoms with Crippen LogP contribution in [0.15, 0.2) is 24.3 Å². The zero-order chi connectivity index (χ0) is 14.2. The number of likely N-dealkylation sites (N-methyl/N-ethyl adjacent to an activating group) is 1. The van der Waals surface area contributed by atoms with Crippen molar-refractivity contribution in [2.75, 3.05) is 27.7 Å². The van der Waals surface area contributed by atoms with E-state index in [-0.39, 0.29) is 6.42 Å². The molecule has 1 N–H and O–H groups in total. The molecule has 0 bridgehead atoms. The van der Waals surface area contributed by atoms with Crippen molar-refractivity contribution in [3.05, 3.63) is 24.3 Å². The summed E-state index contributed by atoms with van der Waals surface area (Å²) in [5.74, 6) is -1.49. The fraction of sp³-hybridized carbons (Fsp3) is 0.538. The largest absolute Gasteiger partial charge is 0.481 e. The lowest BCUT2D eigenvalue weighted by atomic mass is 10.2. The Kier molecular flexibility index (Phi) is 6.97. The second-order valence-electron chi connectivity index (χ2n) is 5.01. The Morgan fingerprint density at radius 3 is 2.33 bits per heavy atom. The molecule has 0 aliphatic rings. The Bertz CT molecular complexity index is 339. The number of ether oxygens (including phenoxy) is 1. The first-order valence-electron chi connectivity index (χ1n) is 5.77. The number of carbonyl (C=O) groups excluding carboxylic acids is 1. The minimum atomic E-state index is -0.973. The molecule has 0 aromatic heterocycles. The number of quaternary nitrogens is 1. The Labute approximate surface area is 108 Å². The smallest absolute Gasteiger partial charge is 0.331 e. The standard InChI is InChI=1S/C13H21NO4/c1-5-6-7-8-13(17)18-11(9-12(15)16)10-14(2,3)4/h5-8,11H,9-10H2,1-4H3/p+1/b6-5+,8-7+/t11-/m1/s1. The first kappa shape index (κ1) is 16.4. The van der Waals surface area contributed by atoms with E-state index < -0.39 is 18.0 Å². The van der Waals surface area contributed by atoms with Crippen LogP contribution in [0.2, 0.25) is 0 Å². The summed E-state index contributed by atoms with van der Waals surface area (Å²) >= 11 is 0. The van der Waals surface area contributed by atoms with Gasteiger partial charge in [-0.1, -0.05) is 18.2 Å². The van der Waals surface area contributed by atoms with E-state index in [0.29, 0.717) is 11.0 Å². The van der Waals surface area contributed by atoms with Crippen LogP contribution in [0.4, 0.5) is 0 Å². The molecule has 0 saturated carbocycles. The first-order valence-corrected chi connectivity index (χ1v) is 5.77. The maximum atomic E-state index is 11.5. The number of hydrogen-bond acceptors (Lipinski definition) is 3. The predicted octanol–water partition coefficient (Wildman–Crippen LogP) is 1.21. The lowest BCUT2D eigenvalue weighted by Gasteiger charge is -2.28. The van der Waals surface area contributed by atoms with Crippen molar-refractivity contribution in [2.24, 2.45) is 0 Å². The van der Waals surface area contributed by atoms with Gasteiger partial charge in [0.25, 0.3) is 0 Å². The van der Waals surface area contributed by atoms with E-state index in [0.717, 1.165) is 0 Å². The van der Waals surface area contributed by atoms with E-state index in [4.69, 9.17) is 9.84 Å². The lowest BCUT2D eigenvalue weighted by Crippen LogP contribution is -2.43. The number of hydrogen-bond donors (Lipinski definition) is 1. The van der Waals surface area contributed by atoms with Crippen LogP contribution in [0.1, 0.15) is 13.3 Å². The predicted molar refractivity (Wildman–Crippen MR) is 69.0 cm³/mol. The summed E-state index contributed by atoms with van der Waals surface area (Å²) in [4.78, 5) is 22.2. The second-order valence-corrected chi connectivity index (χ2v) is 5.01. The average molecular weight is 256 g/mol. The fourth-order valence-electron chi connectivity index (χ4n) is 1.40. The zero-order valence-electron chi connectivity index (χ0n) is 11.4. The molecule has 5 heteroatoms. The highest BCUT2D eigenvalue weighted by molar-refractivity contribution is 5.82. The Hall–Kier alpha value is -1.62. The van der Waals surface area contributed by atoms with E-state index in [1.807, 2.05) is 28.1 Å². The molecule has 18 heavy (non-hydrogen) atoms. The number of carboxylic acid groups (broad SMARTS) is 1. The normalized spacial score (nSPS) is 14.0. The van der Waals surface area contributed by atoms with Crippen molar-refractivity contribution in [1.82, 2.24) is 0 Å². The first-order chi connectivity index (χ1) is 8.24. The average Bonchev–Trinajstić information content (AvgIpc) is 2.13. The van der Waals surface area contributed by atoms with Gasteiger partial charge in [-0.3, -0.25) is 4.79 Å². The highest BCUT2D eigenvalue weighted by atomic mass is 16.5. The lowest BCUT2D eigenvalue weighted by molar-refractivity contribution is -0.873. The third kappa shape index (κ3) is 9.59. The molecule has 0 rings (SSSR count). The molecule has 0 aliphatic heterocycles. The van der Waals surface area contributed by atoms with Crippen LogP contribution in [-0.4, -0.2) is 55.3 Å². The summed E-state index contributed by atoms with van der Waals surface area (Å²) in [5.41, 5.74) is 0. The second kappa shape index (κ2) is 7.66. The van der Waals surface area contributed by atoms with Crippen molar-refractivity contribution in [3.8, 4) is 0 Å². The molecular weight excluding hydrogens is 234 g/mol. The van der Waals surface area contributed by atoms with E-state index in [2.05, 4.69) is 0 Å². The third-order valence-electron chi connectivity index (χ3n) is 1.97. The molecule has 0 radical (unpaired) electrons. The topological polar surface area (TPSA) is 63.6 Å². The molecule has 1 atom stereocenters. The van der Waals surface area contributed by atoms with Crippen molar-refractivity contribution in [2.45, 2.75) is 19.4 Å². The van der Waals surface area contributed by atoms with Crippen LogP contribution in [0.3, 0.4) is 0 Å². The maximum Gasteiger partial charge on any atom is 0.331 e. The summed E-state index contributed by atoms with van der Waals surface area (Å²) in [6, 6.07) is 0. The molecule has 0 fully saturated rings. The van der Waals surface area contributed by atoms with E-state index >= 15 is 0 Å². The molecule has 0 heterocycles. The minimum Gasteiger partial charge on any atom is -0.481 e. The highest BCUT2D eigenvalue weighted by Gasteiger charge is 2.23. The van der Waals surface area contributed by atoms with E-state index in [1.165, 1.54) is 6.08 Å². The van der Waals surface area contributed by atoms with Gasteiger partial charge in [0.2, 0.25) is 0 Å². The Morgan fingerprint density at radius 2 is 1.89 bits per heavy atom. The molecular formula is C13H22NO4+. The van der Waals surface area contributed by atoms with Crippen LogP contribution >= 0.6 is 0 Å². The van der Waals surface area contributed by atoms with Gasteiger partial charge in [-0.2, -0.15) is 0 Å². The molecule has 0 aromatic carbocycles. The zero-order valence-corrected chi connectivity index (χ0v) is 11.4. The SMILES string of the molecule is C/C=C/C=C/C(=O)O[C@H](CC(=O)O)C[N+](C)(C)C. The van der Waals surface area contributed by atoms with Gasteiger partial charge < -0.3 is 14.3 Å². The molecule has 0 spiro atoms. The molecule has 0 aromatic rings. The van der Waals surface area contributed by atoms with Crippen LogP contribution in [0, 0.1) is 0 Å². The minimum absolute atomic E-state index is 0.182. The summed E-state index contributed by atoms with van der Waals surface area (Å²) < 4.78 is 5.66. The van der Waals surface area contributed by atoms with Crippen molar-refractivity contribution >= 4 is 11.9 Å². The van der Waals surface area contributed by atoms with Crippen molar-refractivity contribution in [3.63, 3.8) is 0 Å². The van der Waals surface area contributed by atoms with Gasteiger partial charge >= 0.3 is 11.9 Å². The van der Waals surface area contributed by atoms with Crippen molar-refractivity contribution < 1.29 is 23.9 Å². The van der Waals surface area contributed by atoms with Gasteiger partial charge in [0.15, 0.2) is 6.10 Å². The summed E-state index contributed by atoms with van der Waals surface area (Å²) in [6.07, 6.45) is 5.53. The van der Waals surface area contributed by atoms with Gasteiger partial charge in [-0.25, -0.2) is 4.79 Å².